The van der Waals surface area contributed by atoms with Crippen LogP contribution in [0.2, 0.25) is 0 Å². The molecule has 0 atom stereocenters. The highest BCUT2D eigenvalue weighted by atomic mass is 16.1. The Bertz CT molecular complexity index is 368. The van der Waals surface area contributed by atoms with Crippen molar-refractivity contribution < 1.29 is 9.59 Å². The molecule has 3 nitrogen and oxygen atoms in total. The summed E-state index contributed by atoms with van der Waals surface area (Å²) < 4.78 is 0. The Balaban J connectivity index is 1.95. The molecule has 15 heavy (non-hydrogen) atoms. The fraction of sp³-hybridized carbons (Fsp3) is 0.417. The van der Waals surface area contributed by atoms with Crippen LogP contribution in [0.5, 0.6) is 0 Å². The van der Waals surface area contributed by atoms with E-state index in [-0.39, 0.29) is 23.9 Å². The predicted molar refractivity (Wildman–Crippen MR) is 55.5 cm³/mol. The van der Waals surface area contributed by atoms with Gasteiger partial charge in [0, 0.05) is 23.9 Å². The molecule has 1 heterocycles. The summed E-state index contributed by atoms with van der Waals surface area (Å²) in [5.74, 6) is 0.160. The van der Waals surface area contributed by atoms with Crippen LogP contribution >= 0.6 is 0 Å². The Hall–Kier alpha value is -1.51. The van der Waals surface area contributed by atoms with Crippen LogP contribution in [-0.2, 0) is 4.79 Å². The van der Waals surface area contributed by atoms with Gasteiger partial charge in [0.05, 0.1) is 6.42 Å². The molecule has 1 saturated carbocycles. The molecule has 0 N–H and O–H groups in total. The largest absolute Gasteiger partial charge is 0.299 e. The van der Waals surface area contributed by atoms with E-state index in [1.54, 1.807) is 24.5 Å². The van der Waals surface area contributed by atoms with E-state index in [9.17, 15) is 9.59 Å². The van der Waals surface area contributed by atoms with Gasteiger partial charge in [-0.05, 0) is 25.0 Å². The van der Waals surface area contributed by atoms with Gasteiger partial charge in [0.25, 0.3) is 0 Å². The van der Waals surface area contributed by atoms with Crippen molar-refractivity contribution in [1.82, 2.24) is 4.98 Å². The number of pyridine rings is 1. The molecule has 1 aliphatic carbocycles. The predicted octanol–water partition coefficient (Wildman–Crippen LogP) is 2.02. The van der Waals surface area contributed by atoms with E-state index in [1.807, 2.05) is 0 Å². The van der Waals surface area contributed by atoms with E-state index in [4.69, 9.17) is 0 Å². The third-order valence-electron chi connectivity index (χ3n) is 2.90. The van der Waals surface area contributed by atoms with Gasteiger partial charge in [-0.2, -0.15) is 0 Å². The van der Waals surface area contributed by atoms with Gasteiger partial charge in [-0.25, -0.2) is 0 Å². The first-order valence-electron chi connectivity index (χ1n) is 5.23. The fourth-order valence-corrected chi connectivity index (χ4v) is 1.67. The van der Waals surface area contributed by atoms with Crippen LogP contribution in [0.1, 0.15) is 36.0 Å². The average molecular weight is 203 g/mol. The van der Waals surface area contributed by atoms with Gasteiger partial charge in [0.2, 0.25) is 0 Å². The number of rotatable bonds is 4. The van der Waals surface area contributed by atoms with Crippen LogP contribution in [0.3, 0.4) is 0 Å². The minimum Gasteiger partial charge on any atom is -0.299 e. The second-order valence-electron chi connectivity index (χ2n) is 3.93. The smallest absolute Gasteiger partial charge is 0.170 e. The van der Waals surface area contributed by atoms with Gasteiger partial charge >= 0.3 is 0 Å². The summed E-state index contributed by atoms with van der Waals surface area (Å²) >= 11 is 0. The normalized spacial score (nSPS) is 15.7. The zero-order valence-electron chi connectivity index (χ0n) is 8.48. The van der Waals surface area contributed by atoms with Gasteiger partial charge in [-0.3, -0.25) is 14.6 Å². The molecule has 0 amide bonds. The van der Waals surface area contributed by atoms with Gasteiger partial charge in [-0.15, -0.1) is 0 Å². The Morgan fingerprint density at radius 3 is 2.47 bits per heavy atom. The van der Waals surface area contributed by atoms with Crippen molar-refractivity contribution in [3.05, 3.63) is 30.1 Å². The third kappa shape index (κ3) is 2.29. The molecular weight excluding hydrogens is 190 g/mol. The quantitative estimate of drug-likeness (QED) is 0.555. The highest BCUT2D eigenvalue weighted by molar-refractivity contribution is 6.08. The van der Waals surface area contributed by atoms with E-state index < -0.39 is 0 Å². The number of carbonyl (C=O) groups excluding carboxylic acids is 2. The van der Waals surface area contributed by atoms with E-state index in [2.05, 4.69) is 4.98 Å². The number of aromatic nitrogens is 1. The van der Waals surface area contributed by atoms with Crippen LogP contribution in [0, 0.1) is 5.92 Å². The summed E-state index contributed by atoms with van der Waals surface area (Å²) in [6, 6.07) is 3.30. The second-order valence-corrected chi connectivity index (χ2v) is 3.93. The lowest BCUT2D eigenvalue weighted by Gasteiger charge is -2.23. The molecule has 0 bridgehead atoms. The van der Waals surface area contributed by atoms with Gasteiger partial charge in [0.1, 0.15) is 5.78 Å². The topological polar surface area (TPSA) is 47.0 Å². The number of hydrogen-bond acceptors (Lipinski definition) is 3. The SMILES string of the molecule is O=C(CC(=O)C1CCC1)c1ccncc1. The molecule has 0 spiro atoms. The summed E-state index contributed by atoms with van der Waals surface area (Å²) in [5, 5.41) is 0. The summed E-state index contributed by atoms with van der Waals surface area (Å²) in [4.78, 5) is 27.1. The number of nitrogens with zero attached hydrogens (tertiary/aromatic N) is 1. The number of carbonyl (C=O) groups is 2. The molecule has 3 heteroatoms. The summed E-state index contributed by atoms with van der Waals surface area (Å²) in [5.41, 5.74) is 0.581. The van der Waals surface area contributed by atoms with Crippen molar-refractivity contribution in [3.63, 3.8) is 0 Å². The Labute approximate surface area is 88.5 Å². The van der Waals surface area contributed by atoms with Crippen LogP contribution in [0.25, 0.3) is 0 Å². The second kappa shape index (κ2) is 4.34. The molecule has 78 valence electrons. The molecule has 0 radical (unpaired) electrons. The first-order valence-corrected chi connectivity index (χ1v) is 5.23. The summed E-state index contributed by atoms with van der Waals surface area (Å²) in [6.45, 7) is 0. The minimum absolute atomic E-state index is 0.0503. The van der Waals surface area contributed by atoms with E-state index in [0.29, 0.717) is 5.56 Å². The molecule has 0 aromatic carbocycles. The standard InChI is InChI=1S/C12H13NO2/c14-11(9-2-1-3-9)8-12(15)10-4-6-13-7-5-10/h4-7,9H,1-3,8H2. The maximum Gasteiger partial charge on any atom is 0.170 e. The van der Waals surface area contributed by atoms with Crippen molar-refractivity contribution >= 4 is 11.6 Å². The maximum absolute atomic E-state index is 11.7. The molecule has 1 aliphatic rings. The highest BCUT2D eigenvalue weighted by Crippen LogP contribution is 2.28. The molecule has 0 saturated heterocycles. The molecular formula is C12H13NO2. The lowest BCUT2D eigenvalue weighted by atomic mass is 9.80. The highest BCUT2D eigenvalue weighted by Gasteiger charge is 2.26. The molecule has 0 aliphatic heterocycles. The number of ketones is 2. The summed E-state index contributed by atoms with van der Waals surface area (Å²) in [6.07, 6.45) is 6.24. The van der Waals surface area contributed by atoms with Crippen molar-refractivity contribution in [2.45, 2.75) is 25.7 Å². The Morgan fingerprint density at radius 1 is 1.27 bits per heavy atom. The van der Waals surface area contributed by atoms with Crippen LogP contribution in [0.15, 0.2) is 24.5 Å². The van der Waals surface area contributed by atoms with Gasteiger partial charge in [-0.1, -0.05) is 6.42 Å². The maximum atomic E-state index is 11.7. The first-order chi connectivity index (χ1) is 7.27. The molecule has 0 unspecified atom stereocenters. The van der Waals surface area contributed by atoms with Crippen molar-refractivity contribution in [2.24, 2.45) is 5.92 Å². The zero-order chi connectivity index (χ0) is 10.7. The fourth-order valence-electron chi connectivity index (χ4n) is 1.67. The van der Waals surface area contributed by atoms with Crippen molar-refractivity contribution in [3.8, 4) is 0 Å². The zero-order valence-corrected chi connectivity index (χ0v) is 8.48. The average Bonchev–Trinajstić information content (AvgIpc) is 2.16. The van der Waals surface area contributed by atoms with E-state index in [1.165, 1.54) is 0 Å². The Morgan fingerprint density at radius 2 is 1.93 bits per heavy atom. The third-order valence-corrected chi connectivity index (χ3v) is 2.90. The van der Waals surface area contributed by atoms with Crippen LogP contribution in [0.4, 0.5) is 0 Å². The van der Waals surface area contributed by atoms with Crippen molar-refractivity contribution in [2.75, 3.05) is 0 Å². The Kier molecular flexibility index (Phi) is 2.90. The van der Waals surface area contributed by atoms with Gasteiger partial charge < -0.3 is 0 Å². The lowest BCUT2D eigenvalue weighted by Crippen LogP contribution is -2.24. The van der Waals surface area contributed by atoms with Crippen molar-refractivity contribution in [1.29, 1.82) is 0 Å². The molecule has 1 aromatic heterocycles. The van der Waals surface area contributed by atoms with E-state index >= 15 is 0 Å². The number of hydrogen-bond donors (Lipinski definition) is 0. The van der Waals surface area contributed by atoms with Gasteiger partial charge in [0.15, 0.2) is 5.78 Å². The number of Topliss-reactive ketones (excluding diaryl/α,β-unsaturated/α-hetero) is 2. The monoisotopic (exact) mass is 203 g/mol. The minimum atomic E-state index is -0.0886. The summed E-state index contributed by atoms with van der Waals surface area (Å²) in [7, 11) is 0. The molecule has 2 rings (SSSR count). The lowest BCUT2D eigenvalue weighted by molar-refractivity contribution is -0.124. The van der Waals surface area contributed by atoms with Crippen LogP contribution < -0.4 is 0 Å². The molecule has 1 aromatic rings. The molecule has 1 fully saturated rings. The van der Waals surface area contributed by atoms with E-state index in [0.717, 1.165) is 19.3 Å². The first kappa shape index (κ1) is 10.0. The van der Waals surface area contributed by atoms with Crippen LogP contribution in [-0.4, -0.2) is 16.6 Å².